The zero-order valence-corrected chi connectivity index (χ0v) is 8.04. The Morgan fingerprint density at radius 2 is 2.15 bits per heavy atom. The molecule has 1 heterocycles. The van der Waals surface area contributed by atoms with Crippen LogP contribution in [0.25, 0.3) is 0 Å². The maximum atomic E-state index is 8.56. The van der Waals surface area contributed by atoms with E-state index in [4.69, 9.17) is 11.0 Å². The summed E-state index contributed by atoms with van der Waals surface area (Å²) in [7, 11) is 0. The van der Waals surface area contributed by atoms with Crippen LogP contribution in [0.15, 0.2) is 0 Å². The van der Waals surface area contributed by atoms with Crippen molar-refractivity contribution in [2.45, 2.75) is 33.2 Å². The van der Waals surface area contributed by atoms with Crippen LogP contribution < -0.4 is 5.73 Å². The van der Waals surface area contributed by atoms with Crippen LogP contribution in [0.2, 0.25) is 0 Å². The number of hydrogen-bond acceptors (Lipinski definition) is 3. The maximum absolute atomic E-state index is 8.56. The first-order valence-electron chi connectivity index (χ1n) is 4.45. The summed E-state index contributed by atoms with van der Waals surface area (Å²) in [5.41, 5.74) is 8.48. The predicted molar refractivity (Wildman–Crippen MR) is 51.0 cm³/mol. The molecule has 0 fully saturated rings. The molecule has 0 spiro atoms. The van der Waals surface area contributed by atoms with E-state index in [9.17, 15) is 0 Å². The van der Waals surface area contributed by atoms with Crippen molar-refractivity contribution in [2.75, 3.05) is 5.73 Å². The third-order valence-corrected chi connectivity index (χ3v) is 2.07. The summed E-state index contributed by atoms with van der Waals surface area (Å²) < 4.78 is 1.69. The molecule has 0 bridgehead atoms. The summed E-state index contributed by atoms with van der Waals surface area (Å²) in [6.45, 7) is 4.31. The number of aryl methyl sites for hydroxylation is 1. The van der Waals surface area contributed by atoms with Gasteiger partial charge in [0.1, 0.15) is 6.54 Å². The van der Waals surface area contributed by atoms with Gasteiger partial charge in [-0.05, 0) is 12.8 Å². The lowest BCUT2D eigenvalue weighted by molar-refractivity contribution is 0.659. The molecule has 0 atom stereocenters. The maximum Gasteiger partial charge on any atom is 0.128 e. The van der Waals surface area contributed by atoms with E-state index in [1.807, 2.05) is 13.8 Å². The molecule has 0 aliphatic rings. The van der Waals surface area contributed by atoms with E-state index in [-0.39, 0.29) is 6.54 Å². The van der Waals surface area contributed by atoms with Crippen LogP contribution in [0.5, 0.6) is 0 Å². The van der Waals surface area contributed by atoms with Gasteiger partial charge in [-0.15, -0.1) is 0 Å². The molecule has 0 unspecified atom stereocenters. The third-order valence-electron chi connectivity index (χ3n) is 2.07. The Balaban J connectivity index is 3.13. The van der Waals surface area contributed by atoms with Gasteiger partial charge < -0.3 is 5.73 Å². The van der Waals surface area contributed by atoms with Gasteiger partial charge in [0.15, 0.2) is 0 Å². The van der Waals surface area contributed by atoms with E-state index in [0.29, 0.717) is 0 Å². The molecule has 1 rings (SSSR count). The van der Waals surface area contributed by atoms with Crippen molar-refractivity contribution in [2.24, 2.45) is 0 Å². The smallest absolute Gasteiger partial charge is 0.128 e. The minimum absolute atomic E-state index is 0.285. The van der Waals surface area contributed by atoms with Crippen molar-refractivity contribution in [3.63, 3.8) is 0 Å². The van der Waals surface area contributed by atoms with Crippen molar-refractivity contribution in [1.29, 1.82) is 5.26 Å². The molecule has 0 aliphatic heterocycles. The second kappa shape index (κ2) is 3.94. The Morgan fingerprint density at radius 1 is 1.46 bits per heavy atom. The number of hydrogen-bond donors (Lipinski definition) is 1. The Kier molecular flexibility index (Phi) is 2.91. The first-order chi connectivity index (χ1) is 6.24. The molecule has 0 saturated heterocycles. The van der Waals surface area contributed by atoms with Crippen molar-refractivity contribution < 1.29 is 0 Å². The van der Waals surface area contributed by atoms with E-state index < -0.39 is 0 Å². The molecule has 13 heavy (non-hydrogen) atoms. The summed E-state index contributed by atoms with van der Waals surface area (Å²) in [5.74, 6) is 0. The average molecular weight is 178 g/mol. The summed E-state index contributed by atoms with van der Waals surface area (Å²) in [6, 6.07) is 2.07. The quantitative estimate of drug-likeness (QED) is 0.754. The van der Waals surface area contributed by atoms with Crippen LogP contribution in [-0.4, -0.2) is 9.78 Å². The molecule has 1 aromatic heterocycles. The molecule has 70 valence electrons. The zero-order chi connectivity index (χ0) is 9.84. The Labute approximate surface area is 78.0 Å². The van der Waals surface area contributed by atoms with Crippen molar-refractivity contribution in [3.05, 3.63) is 11.4 Å². The van der Waals surface area contributed by atoms with Gasteiger partial charge in [-0.25, -0.2) is 0 Å². The number of nitrogens with two attached hydrogens (primary N) is 1. The second-order valence-corrected chi connectivity index (χ2v) is 2.83. The molecular formula is C9H14N4. The van der Waals surface area contributed by atoms with Gasteiger partial charge in [0, 0.05) is 0 Å². The largest absolute Gasteiger partial charge is 0.396 e. The summed E-state index contributed by atoms with van der Waals surface area (Å²) in [5, 5.41) is 12.8. The van der Waals surface area contributed by atoms with Crippen molar-refractivity contribution >= 4 is 5.69 Å². The Bertz CT molecular complexity index is 332. The van der Waals surface area contributed by atoms with Crippen LogP contribution in [-0.2, 0) is 19.4 Å². The van der Waals surface area contributed by atoms with E-state index in [0.717, 1.165) is 29.9 Å². The molecule has 0 radical (unpaired) electrons. The summed E-state index contributed by atoms with van der Waals surface area (Å²) in [4.78, 5) is 0. The molecule has 4 heteroatoms. The summed E-state index contributed by atoms with van der Waals surface area (Å²) >= 11 is 0. The van der Waals surface area contributed by atoms with Gasteiger partial charge in [-0.1, -0.05) is 13.8 Å². The van der Waals surface area contributed by atoms with Gasteiger partial charge in [0.25, 0.3) is 0 Å². The number of nitrogens with zero attached hydrogens (tertiary/aromatic N) is 3. The fraction of sp³-hybridized carbons (Fsp3) is 0.556. The van der Waals surface area contributed by atoms with Crippen LogP contribution in [0.4, 0.5) is 5.69 Å². The molecule has 0 aliphatic carbocycles. The lowest BCUT2D eigenvalue weighted by Gasteiger charge is -1.99. The van der Waals surface area contributed by atoms with Crippen molar-refractivity contribution in [3.8, 4) is 6.07 Å². The molecule has 2 N–H and O–H groups in total. The predicted octanol–water partition coefficient (Wildman–Crippen LogP) is 1.11. The first-order valence-corrected chi connectivity index (χ1v) is 4.45. The van der Waals surface area contributed by atoms with Gasteiger partial charge in [-0.3, -0.25) is 4.68 Å². The van der Waals surface area contributed by atoms with E-state index in [1.165, 1.54) is 0 Å². The van der Waals surface area contributed by atoms with Crippen LogP contribution in [0.3, 0.4) is 0 Å². The van der Waals surface area contributed by atoms with E-state index in [1.54, 1.807) is 4.68 Å². The fourth-order valence-electron chi connectivity index (χ4n) is 1.40. The van der Waals surface area contributed by atoms with E-state index >= 15 is 0 Å². The topological polar surface area (TPSA) is 67.6 Å². The van der Waals surface area contributed by atoms with Crippen molar-refractivity contribution in [1.82, 2.24) is 9.78 Å². The van der Waals surface area contributed by atoms with E-state index in [2.05, 4.69) is 11.2 Å². The molecular weight excluding hydrogens is 164 g/mol. The molecule has 1 aromatic rings. The van der Waals surface area contributed by atoms with Gasteiger partial charge in [-0.2, -0.15) is 10.4 Å². The molecule has 0 saturated carbocycles. The Morgan fingerprint density at radius 3 is 2.62 bits per heavy atom. The monoisotopic (exact) mass is 178 g/mol. The van der Waals surface area contributed by atoms with Gasteiger partial charge in [0.05, 0.1) is 23.1 Å². The van der Waals surface area contributed by atoms with Gasteiger partial charge >= 0.3 is 0 Å². The van der Waals surface area contributed by atoms with Crippen LogP contribution in [0, 0.1) is 11.3 Å². The number of nitrogen functional groups attached to an aromatic ring is 1. The highest BCUT2D eigenvalue weighted by Crippen LogP contribution is 2.17. The lowest BCUT2D eigenvalue weighted by Crippen LogP contribution is -2.03. The van der Waals surface area contributed by atoms with Gasteiger partial charge in [0.2, 0.25) is 0 Å². The SMILES string of the molecule is CCc1nn(CC#N)c(CC)c1N. The highest BCUT2D eigenvalue weighted by molar-refractivity contribution is 5.48. The minimum atomic E-state index is 0.285. The molecule has 4 nitrogen and oxygen atoms in total. The normalized spacial score (nSPS) is 9.92. The fourth-order valence-corrected chi connectivity index (χ4v) is 1.40. The third kappa shape index (κ3) is 1.64. The average Bonchev–Trinajstić information content (AvgIpc) is 2.43. The highest BCUT2D eigenvalue weighted by atomic mass is 15.3. The molecule has 0 aromatic carbocycles. The number of nitriles is 1. The first kappa shape index (κ1) is 9.59. The lowest BCUT2D eigenvalue weighted by atomic mass is 10.2. The zero-order valence-electron chi connectivity index (χ0n) is 8.04. The second-order valence-electron chi connectivity index (χ2n) is 2.83. The number of aromatic nitrogens is 2. The Hall–Kier alpha value is -1.50. The molecule has 0 amide bonds. The van der Waals surface area contributed by atoms with Crippen LogP contribution >= 0.6 is 0 Å². The summed E-state index contributed by atoms with van der Waals surface area (Å²) in [6.07, 6.45) is 1.64. The number of rotatable bonds is 3. The standard InChI is InChI=1S/C9H14N4/c1-3-7-9(11)8(4-2)13(12-7)6-5-10/h3-4,6,11H2,1-2H3. The minimum Gasteiger partial charge on any atom is -0.396 e. The number of anilines is 1. The van der Waals surface area contributed by atoms with Crippen LogP contribution in [0.1, 0.15) is 25.2 Å². The highest BCUT2D eigenvalue weighted by Gasteiger charge is 2.11.